The topological polar surface area (TPSA) is 83.6 Å². The summed E-state index contributed by atoms with van der Waals surface area (Å²) in [4.78, 5) is 25.8. The Kier molecular flexibility index (Phi) is 6.50. The van der Waals surface area contributed by atoms with Crippen molar-refractivity contribution < 1.29 is 18.0 Å². The fourth-order valence-corrected chi connectivity index (χ4v) is 6.81. The van der Waals surface area contributed by atoms with Gasteiger partial charge in [-0.05, 0) is 49.9 Å². The molecule has 1 saturated heterocycles. The summed E-state index contributed by atoms with van der Waals surface area (Å²) in [6, 6.07) is 14.3. The number of carbonyl (C=O) groups excluding carboxylic acids is 2. The fraction of sp³-hybridized carbons (Fsp3) is 0.391. The van der Waals surface area contributed by atoms with Crippen molar-refractivity contribution >= 4 is 33.5 Å². The smallest absolute Gasteiger partial charge is 0.243 e. The predicted molar refractivity (Wildman–Crippen MR) is 121 cm³/mol. The number of Topliss-reactive ketones (excluding diaryl/α,β-unsaturated/α-hetero) is 1. The molecule has 0 aromatic heterocycles. The van der Waals surface area contributed by atoms with Crippen molar-refractivity contribution in [1.82, 2.24) is 9.62 Å². The van der Waals surface area contributed by atoms with Gasteiger partial charge in [0.25, 0.3) is 0 Å². The summed E-state index contributed by atoms with van der Waals surface area (Å²) in [7, 11) is -3.69. The van der Waals surface area contributed by atoms with E-state index in [1.807, 2.05) is 23.9 Å². The second kappa shape index (κ2) is 9.14. The first-order valence-electron chi connectivity index (χ1n) is 10.5. The predicted octanol–water partition coefficient (Wildman–Crippen LogP) is 3.64. The number of piperidine rings is 1. The van der Waals surface area contributed by atoms with Crippen molar-refractivity contribution in [3.8, 4) is 0 Å². The first-order valence-corrected chi connectivity index (χ1v) is 12.9. The van der Waals surface area contributed by atoms with Gasteiger partial charge in [0.05, 0.1) is 10.9 Å². The number of nitrogens with zero attached hydrogens (tertiary/aromatic N) is 1. The van der Waals surface area contributed by atoms with Crippen molar-refractivity contribution in [2.45, 2.75) is 42.0 Å². The molecule has 0 spiro atoms. The van der Waals surface area contributed by atoms with E-state index in [-0.39, 0.29) is 28.5 Å². The molecule has 0 aliphatic carbocycles. The molecule has 2 aromatic rings. The molecule has 1 fully saturated rings. The number of rotatable bonds is 5. The van der Waals surface area contributed by atoms with Crippen LogP contribution in [-0.2, 0) is 14.8 Å². The van der Waals surface area contributed by atoms with Crippen LogP contribution >= 0.6 is 11.8 Å². The van der Waals surface area contributed by atoms with Gasteiger partial charge in [-0.1, -0.05) is 30.3 Å². The average molecular weight is 459 g/mol. The minimum atomic E-state index is -3.69. The number of hydrogen-bond acceptors (Lipinski definition) is 5. The van der Waals surface area contributed by atoms with E-state index in [2.05, 4.69) is 17.4 Å². The Morgan fingerprint density at radius 2 is 1.77 bits per heavy atom. The summed E-state index contributed by atoms with van der Waals surface area (Å²) in [5.74, 6) is 0.604. The Bertz CT molecular complexity index is 1090. The molecule has 2 aromatic carbocycles. The number of thioether (sulfide) groups is 1. The first kappa shape index (κ1) is 22.0. The Balaban J connectivity index is 1.39. The molecule has 2 heterocycles. The lowest BCUT2D eigenvalue weighted by Gasteiger charge is -2.32. The van der Waals surface area contributed by atoms with E-state index in [4.69, 9.17) is 0 Å². The van der Waals surface area contributed by atoms with E-state index in [0.717, 1.165) is 17.7 Å². The number of ketones is 1. The third-order valence-electron chi connectivity index (χ3n) is 5.98. The van der Waals surface area contributed by atoms with Gasteiger partial charge in [0.15, 0.2) is 5.78 Å². The summed E-state index contributed by atoms with van der Waals surface area (Å²) < 4.78 is 27.4. The van der Waals surface area contributed by atoms with E-state index < -0.39 is 10.0 Å². The SMILES string of the molecule is CC(=O)c1cccc(S(=O)(=O)N2CCC(C(=O)N[C@H]3CCSc4ccccc43)CC2)c1. The molecule has 164 valence electrons. The third kappa shape index (κ3) is 4.71. The number of benzene rings is 2. The van der Waals surface area contributed by atoms with Crippen LogP contribution in [0.3, 0.4) is 0 Å². The van der Waals surface area contributed by atoms with Crippen LogP contribution < -0.4 is 5.32 Å². The standard InChI is InChI=1S/C23H26N2O4S2/c1-16(26)18-5-4-6-19(15-18)31(28,29)25-12-9-17(10-13-25)23(27)24-21-11-14-30-22-8-3-2-7-20(21)22/h2-8,15,17,21H,9-14H2,1H3,(H,24,27)/t21-/m0/s1. The quantitative estimate of drug-likeness (QED) is 0.692. The van der Waals surface area contributed by atoms with Crippen LogP contribution in [0.15, 0.2) is 58.3 Å². The highest BCUT2D eigenvalue weighted by Gasteiger charge is 2.33. The zero-order chi connectivity index (χ0) is 22.0. The number of fused-ring (bicyclic) bond motifs is 1. The van der Waals surface area contributed by atoms with Gasteiger partial charge < -0.3 is 5.32 Å². The number of carbonyl (C=O) groups is 2. The minimum Gasteiger partial charge on any atom is -0.349 e. The molecule has 31 heavy (non-hydrogen) atoms. The van der Waals surface area contributed by atoms with Gasteiger partial charge in [0.2, 0.25) is 15.9 Å². The molecular weight excluding hydrogens is 432 g/mol. The highest BCUT2D eigenvalue weighted by Crippen LogP contribution is 2.36. The Morgan fingerprint density at radius 1 is 1.03 bits per heavy atom. The number of sulfonamides is 1. The van der Waals surface area contributed by atoms with Crippen LogP contribution in [0, 0.1) is 5.92 Å². The van der Waals surface area contributed by atoms with Gasteiger partial charge in [0.1, 0.15) is 0 Å². The van der Waals surface area contributed by atoms with E-state index in [0.29, 0.717) is 31.5 Å². The van der Waals surface area contributed by atoms with Crippen LogP contribution in [0.2, 0.25) is 0 Å². The van der Waals surface area contributed by atoms with Crippen LogP contribution in [0.1, 0.15) is 48.1 Å². The lowest BCUT2D eigenvalue weighted by molar-refractivity contribution is -0.126. The molecule has 8 heteroatoms. The van der Waals surface area contributed by atoms with Gasteiger partial charge in [-0.25, -0.2) is 8.42 Å². The maximum Gasteiger partial charge on any atom is 0.243 e. The Hall–Kier alpha value is -2.16. The lowest BCUT2D eigenvalue weighted by Crippen LogP contribution is -2.44. The molecule has 2 aliphatic heterocycles. The van der Waals surface area contributed by atoms with Crippen molar-refractivity contribution in [3.63, 3.8) is 0 Å². The van der Waals surface area contributed by atoms with Crippen molar-refractivity contribution in [2.75, 3.05) is 18.8 Å². The minimum absolute atomic E-state index is 0.00216. The highest BCUT2D eigenvalue weighted by molar-refractivity contribution is 7.99. The average Bonchev–Trinajstić information content (AvgIpc) is 2.79. The normalized spacial score (nSPS) is 20.1. The molecule has 1 atom stereocenters. The van der Waals surface area contributed by atoms with E-state index in [9.17, 15) is 18.0 Å². The molecule has 4 rings (SSSR count). The van der Waals surface area contributed by atoms with Gasteiger partial charge in [-0.2, -0.15) is 4.31 Å². The van der Waals surface area contributed by atoms with Gasteiger partial charge in [-0.15, -0.1) is 11.8 Å². The fourth-order valence-electron chi connectivity index (χ4n) is 4.16. The third-order valence-corrected chi connectivity index (χ3v) is 9.00. The highest BCUT2D eigenvalue weighted by atomic mass is 32.2. The van der Waals surface area contributed by atoms with Gasteiger partial charge in [-0.3, -0.25) is 9.59 Å². The largest absolute Gasteiger partial charge is 0.349 e. The van der Waals surface area contributed by atoms with Gasteiger partial charge in [0, 0.05) is 35.2 Å². The number of nitrogens with one attached hydrogen (secondary N) is 1. The van der Waals surface area contributed by atoms with Crippen LogP contribution in [0.4, 0.5) is 0 Å². The van der Waals surface area contributed by atoms with Gasteiger partial charge >= 0.3 is 0 Å². The van der Waals surface area contributed by atoms with Crippen LogP contribution in [-0.4, -0.2) is 43.3 Å². The summed E-state index contributed by atoms with van der Waals surface area (Å²) in [5, 5.41) is 3.19. The summed E-state index contributed by atoms with van der Waals surface area (Å²) in [6.07, 6.45) is 1.87. The monoisotopic (exact) mass is 458 g/mol. The summed E-state index contributed by atoms with van der Waals surface area (Å²) in [6.45, 7) is 2.00. The number of hydrogen-bond donors (Lipinski definition) is 1. The Morgan fingerprint density at radius 3 is 2.52 bits per heavy atom. The maximum atomic E-state index is 13.0. The van der Waals surface area contributed by atoms with Crippen molar-refractivity contribution in [2.24, 2.45) is 5.92 Å². The van der Waals surface area contributed by atoms with E-state index in [1.54, 1.807) is 12.1 Å². The molecular formula is C23H26N2O4S2. The van der Waals surface area contributed by atoms with Crippen LogP contribution in [0.25, 0.3) is 0 Å². The van der Waals surface area contributed by atoms with Crippen LogP contribution in [0.5, 0.6) is 0 Å². The molecule has 2 aliphatic rings. The van der Waals surface area contributed by atoms with Crippen molar-refractivity contribution in [3.05, 3.63) is 59.7 Å². The zero-order valence-electron chi connectivity index (χ0n) is 17.4. The van der Waals surface area contributed by atoms with E-state index >= 15 is 0 Å². The maximum absolute atomic E-state index is 13.0. The zero-order valence-corrected chi connectivity index (χ0v) is 19.0. The molecule has 0 radical (unpaired) electrons. The number of amides is 1. The molecule has 0 unspecified atom stereocenters. The summed E-state index contributed by atoms with van der Waals surface area (Å²) >= 11 is 1.81. The first-order chi connectivity index (χ1) is 14.9. The lowest BCUT2D eigenvalue weighted by atomic mass is 9.95. The molecule has 0 bridgehead atoms. The molecule has 1 amide bonds. The molecule has 1 N–H and O–H groups in total. The summed E-state index contributed by atoms with van der Waals surface area (Å²) in [5.41, 5.74) is 1.54. The van der Waals surface area contributed by atoms with Crippen molar-refractivity contribution in [1.29, 1.82) is 0 Å². The van der Waals surface area contributed by atoms with E-state index in [1.165, 1.54) is 28.3 Å². The molecule has 0 saturated carbocycles. The second-order valence-electron chi connectivity index (χ2n) is 8.00. The second-order valence-corrected chi connectivity index (χ2v) is 11.1. The molecule has 6 nitrogen and oxygen atoms in total. The Labute approximate surface area is 187 Å².